The van der Waals surface area contributed by atoms with Crippen LogP contribution in [0, 0.1) is 12.7 Å². The van der Waals surface area contributed by atoms with Crippen LogP contribution in [0.5, 0.6) is 0 Å². The Kier molecular flexibility index (Phi) is 6.41. The SMILES string of the molecule is Cc1cc(N2CCN(C(=O)CNC(=O)c3ccccc3F)CC2)nc(C(C)C)n1. The fourth-order valence-corrected chi connectivity index (χ4v) is 3.19. The number of aromatic nitrogens is 2. The van der Waals surface area contributed by atoms with Crippen LogP contribution in [0.15, 0.2) is 30.3 Å². The van der Waals surface area contributed by atoms with Gasteiger partial charge in [-0.1, -0.05) is 26.0 Å². The van der Waals surface area contributed by atoms with E-state index in [4.69, 9.17) is 0 Å². The number of hydrogen-bond acceptors (Lipinski definition) is 5. The second-order valence-electron chi connectivity index (χ2n) is 7.41. The Morgan fingerprint density at radius 2 is 1.83 bits per heavy atom. The minimum absolute atomic E-state index is 0.0646. The predicted octanol–water partition coefficient (Wildman–Crippen LogP) is 2.13. The molecule has 0 aliphatic carbocycles. The van der Waals surface area contributed by atoms with Crippen molar-refractivity contribution >= 4 is 17.6 Å². The van der Waals surface area contributed by atoms with Crippen molar-refractivity contribution in [1.29, 1.82) is 0 Å². The van der Waals surface area contributed by atoms with Crippen molar-refractivity contribution in [3.63, 3.8) is 0 Å². The number of carbonyl (C=O) groups excluding carboxylic acids is 2. The molecule has 0 atom stereocenters. The standard InChI is InChI=1S/C21H26FN5O2/c1-14(2)20-24-15(3)12-18(25-20)26-8-10-27(11-9-26)19(28)13-23-21(29)16-6-4-5-7-17(16)22/h4-7,12,14H,8-11,13H2,1-3H3,(H,23,29). The number of nitrogens with one attached hydrogen (secondary N) is 1. The average molecular weight is 399 g/mol. The number of amides is 2. The number of benzene rings is 1. The van der Waals surface area contributed by atoms with E-state index in [0.717, 1.165) is 17.3 Å². The second kappa shape index (κ2) is 8.98. The molecule has 2 aromatic rings. The molecule has 1 aromatic carbocycles. The maximum Gasteiger partial charge on any atom is 0.254 e. The Morgan fingerprint density at radius 3 is 2.48 bits per heavy atom. The molecule has 154 valence electrons. The highest BCUT2D eigenvalue weighted by atomic mass is 19.1. The van der Waals surface area contributed by atoms with Crippen LogP contribution in [0.1, 0.15) is 41.6 Å². The van der Waals surface area contributed by atoms with Crippen molar-refractivity contribution in [3.05, 3.63) is 53.2 Å². The molecule has 1 aliphatic heterocycles. The van der Waals surface area contributed by atoms with Crippen LogP contribution < -0.4 is 10.2 Å². The summed E-state index contributed by atoms with van der Waals surface area (Å²) in [5, 5.41) is 2.50. The third-order valence-corrected chi connectivity index (χ3v) is 4.85. The molecule has 1 N–H and O–H groups in total. The summed E-state index contributed by atoms with van der Waals surface area (Å²) in [6.45, 7) is 8.30. The number of carbonyl (C=O) groups is 2. The summed E-state index contributed by atoms with van der Waals surface area (Å²) in [5.41, 5.74) is 0.860. The molecule has 0 saturated carbocycles. The van der Waals surface area contributed by atoms with E-state index in [-0.39, 0.29) is 23.9 Å². The number of aryl methyl sites for hydroxylation is 1. The van der Waals surface area contributed by atoms with E-state index in [1.165, 1.54) is 18.2 Å². The van der Waals surface area contributed by atoms with Gasteiger partial charge in [0, 0.05) is 43.9 Å². The van der Waals surface area contributed by atoms with Gasteiger partial charge in [-0.2, -0.15) is 0 Å². The number of piperazine rings is 1. The quantitative estimate of drug-likeness (QED) is 0.833. The lowest BCUT2D eigenvalue weighted by molar-refractivity contribution is -0.130. The summed E-state index contributed by atoms with van der Waals surface area (Å²) in [5.74, 6) is 0.556. The van der Waals surface area contributed by atoms with E-state index in [9.17, 15) is 14.0 Å². The van der Waals surface area contributed by atoms with Crippen molar-refractivity contribution in [1.82, 2.24) is 20.2 Å². The van der Waals surface area contributed by atoms with Crippen LogP contribution in [-0.4, -0.2) is 59.4 Å². The summed E-state index contributed by atoms with van der Waals surface area (Å²) in [6.07, 6.45) is 0. The van der Waals surface area contributed by atoms with Gasteiger partial charge in [0.25, 0.3) is 5.91 Å². The lowest BCUT2D eigenvalue weighted by Crippen LogP contribution is -2.51. The van der Waals surface area contributed by atoms with Crippen molar-refractivity contribution in [2.45, 2.75) is 26.7 Å². The van der Waals surface area contributed by atoms with Crippen LogP contribution >= 0.6 is 0 Å². The van der Waals surface area contributed by atoms with Crippen LogP contribution in [0.2, 0.25) is 0 Å². The fraction of sp³-hybridized carbons (Fsp3) is 0.429. The van der Waals surface area contributed by atoms with E-state index in [1.54, 1.807) is 11.0 Å². The Bertz CT molecular complexity index is 894. The monoisotopic (exact) mass is 399 g/mol. The maximum absolute atomic E-state index is 13.7. The molecule has 0 radical (unpaired) electrons. The number of rotatable bonds is 5. The van der Waals surface area contributed by atoms with Gasteiger partial charge < -0.3 is 15.1 Å². The number of hydrogen-bond donors (Lipinski definition) is 1. The Hall–Kier alpha value is -3.03. The zero-order valence-electron chi connectivity index (χ0n) is 17.0. The van der Waals surface area contributed by atoms with Crippen LogP contribution in [0.3, 0.4) is 0 Å². The van der Waals surface area contributed by atoms with Crippen molar-refractivity contribution in [2.24, 2.45) is 0 Å². The summed E-state index contributed by atoms with van der Waals surface area (Å²) in [6, 6.07) is 7.66. The highest BCUT2D eigenvalue weighted by Gasteiger charge is 2.23. The molecule has 2 amide bonds. The van der Waals surface area contributed by atoms with Gasteiger partial charge >= 0.3 is 0 Å². The summed E-state index contributed by atoms with van der Waals surface area (Å²) in [7, 11) is 0. The van der Waals surface area contributed by atoms with E-state index < -0.39 is 11.7 Å². The Labute approximate surface area is 169 Å². The van der Waals surface area contributed by atoms with Crippen LogP contribution in [-0.2, 0) is 4.79 Å². The summed E-state index contributed by atoms with van der Waals surface area (Å²) < 4.78 is 13.7. The molecule has 1 aliphatic rings. The number of anilines is 1. The first-order valence-electron chi connectivity index (χ1n) is 9.76. The molecule has 1 aromatic heterocycles. The van der Waals surface area contributed by atoms with Gasteiger partial charge in [-0.05, 0) is 19.1 Å². The Morgan fingerprint density at radius 1 is 1.14 bits per heavy atom. The minimum Gasteiger partial charge on any atom is -0.353 e. The van der Waals surface area contributed by atoms with E-state index >= 15 is 0 Å². The third kappa shape index (κ3) is 5.07. The minimum atomic E-state index is -0.605. The summed E-state index contributed by atoms with van der Waals surface area (Å²) >= 11 is 0. The topological polar surface area (TPSA) is 78.4 Å². The van der Waals surface area contributed by atoms with Gasteiger partial charge in [0.1, 0.15) is 17.5 Å². The van der Waals surface area contributed by atoms with E-state index in [0.29, 0.717) is 26.2 Å². The molecule has 0 bridgehead atoms. The van der Waals surface area contributed by atoms with Crippen LogP contribution in [0.25, 0.3) is 0 Å². The first-order valence-corrected chi connectivity index (χ1v) is 9.76. The predicted molar refractivity (Wildman–Crippen MR) is 108 cm³/mol. The molecular weight excluding hydrogens is 373 g/mol. The fourth-order valence-electron chi connectivity index (χ4n) is 3.19. The van der Waals surface area contributed by atoms with Gasteiger partial charge in [0.15, 0.2) is 0 Å². The van der Waals surface area contributed by atoms with Crippen molar-refractivity contribution in [3.8, 4) is 0 Å². The van der Waals surface area contributed by atoms with Crippen molar-refractivity contribution in [2.75, 3.05) is 37.6 Å². The van der Waals surface area contributed by atoms with E-state index in [2.05, 4.69) is 34.0 Å². The number of halogens is 1. The molecule has 7 nitrogen and oxygen atoms in total. The first-order chi connectivity index (χ1) is 13.8. The molecule has 1 saturated heterocycles. The molecule has 0 unspecified atom stereocenters. The van der Waals surface area contributed by atoms with Gasteiger partial charge in [-0.15, -0.1) is 0 Å². The summed E-state index contributed by atoms with van der Waals surface area (Å²) in [4.78, 5) is 37.5. The smallest absolute Gasteiger partial charge is 0.254 e. The highest BCUT2D eigenvalue weighted by Crippen LogP contribution is 2.18. The van der Waals surface area contributed by atoms with Gasteiger partial charge in [-0.25, -0.2) is 14.4 Å². The molecule has 2 heterocycles. The lowest BCUT2D eigenvalue weighted by atomic mass is 10.2. The zero-order valence-corrected chi connectivity index (χ0v) is 17.0. The molecule has 8 heteroatoms. The van der Waals surface area contributed by atoms with Gasteiger partial charge in [0.2, 0.25) is 5.91 Å². The van der Waals surface area contributed by atoms with Gasteiger partial charge in [-0.3, -0.25) is 9.59 Å². The van der Waals surface area contributed by atoms with Crippen molar-refractivity contribution < 1.29 is 14.0 Å². The highest BCUT2D eigenvalue weighted by molar-refractivity contribution is 5.96. The van der Waals surface area contributed by atoms with E-state index in [1.807, 2.05) is 13.0 Å². The Balaban J connectivity index is 1.53. The maximum atomic E-state index is 13.7. The molecular formula is C21H26FN5O2. The molecule has 29 heavy (non-hydrogen) atoms. The first kappa shape index (κ1) is 20.7. The molecule has 0 spiro atoms. The normalized spacial score (nSPS) is 14.2. The lowest BCUT2D eigenvalue weighted by Gasteiger charge is -2.35. The number of nitrogens with zero attached hydrogens (tertiary/aromatic N) is 4. The van der Waals surface area contributed by atoms with Crippen LogP contribution in [0.4, 0.5) is 10.2 Å². The zero-order chi connectivity index (χ0) is 21.0. The average Bonchev–Trinajstić information content (AvgIpc) is 2.71. The molecule has 1 fully saturated rings. The van der Waals surface area contributed by atoms with Gasteiger partial charge in [0.05, 0.1) is 12.1 Å². The third-order valence-electron chi connectivity index (χ3n) is 4.85. The second-order valence-corrected chi connectivity index (χ2v) is 7.41. The molecule has 3 rings (SSSR count). The largest absolute Gasteiger partial charge is 0.353 e.